The SMILES string of the molecule is O=C(Nc1ccc(NC2CCCC2)cc1)c1ccc(F)c(F)c1. The lowest BCUT2D eigenvalue weighted by atomic mass is 10.2. The standard InChI is InChI=1S/C18H18F2N2O/c19-16-10-5-12(11-17(16)20)18(23)22-15-8-6-14(7-9-15)21-13-3-1-2-4-13/h5-11,13,21H,1-4H2,(H,22,23). The minimum atomic E-state index is -1.03. The lowest BCUT2D eigenvalue weighted by molar-refractivity contribution is 0.102. The van der Waals surface area contributed by atoms with Gasteiger partial charge in [0, 0.05) is 23.0 Å². The van der Waals surface area contributed by atoms with Gasteiger partial charge in [-0.25, -0.2) is 8.78 Å². The van der Waals surface area contributed by atoms with Crippen molar-refractivity contribution in [3.8, 4) is 0 Å². The van der Waals surface area contributed by atoms with Gasteiger partial charge in [-0.3, -0.25) is 4.79 Å². The largest absolute Gasteiger partial charge is 0.382 e. The maximum Gasteiger partial charge on any atom is 0.255 e. The van der Waals surface area contributed by atoms with Crippen molar-refractivity contribution in [2.24, 2.45) is 0 Å². The summed E-state index contributed by atoms with van der Waals surface area (Å²) >= 11 is 0. The summed E-state index contributed by atoms with van der Waals surface area (Å²) in [4.78, 5) is 12.0. The molecule has 2 aromatic carbocycles. The third kappa shape index (κ3) is 3.86. The van der Waals surface area contributed by atoms with Crippen LogP contribution in [-0.4, -0.2) is 11.9 Å². The molecule has 2 aromatic rings. The Bertz CT molecular complexity index is 695. The second-order valence-corrected chi connectivity index (χ2v) is 5.79. The highest BCUT2D eigenvalue weighted by atomic mass is 19.2. The molecular weight excluding hydrogens is 298 g/mol. The molecule has 1 aliphatic rings. The van der Waals surface area contributed by atoms with Gasteiger partial charge in [0.15, 0.2) is 11.6 Å². The van der Waals surface area contributed by atoms with Gasteiger partial charge < -0.3 is 10.6 Å². The summed E-state index contributed by atoms with van der Waals surface area (Å²) < 4.78 is 26.0. The Kier molecular flexibility index (Phi) is 4.55. The van der Waals surface area contributed by atoms with Crippen LogP contribution in [0.4, 0.5) is 20.2 Å². The van der Waals surface area contributed by atoms with Crippen molar-refractivity contribution in [2.75, 3.05) is 10.6 Å². The smallest absolute Gasteiger partial charge is 0.255 e. The Morgan fingerprint density at radius 2 is 1.57 bits per heavy atom. The van der Waals surface area contributed by atoms with Crippen LogP contribution in [0.3, 0.4) is 0 Å². The van der Waals surface area contributed by atoms with Crippen LogP contribution in [0.5, 0.6) is 0 Å². The van der Waals surface area contributed by atoms with Crippen LogP contribution in [0.1, 0.15) is 36.0 Å². The van der Waals surface area contributed by atoms with E-state index in [-0.39, 0.29) is 5.56 Å². The topological polar surface area (TPSA) is 41.1 Å². The highest BCUT2D eigenvalue weighted by molar-refractivity contribution is 6.04. The number of anilines is 2. The first-order chi connectivity index (χ1) is 11.1. The lowest BCUT2D eigenvalue weighted by Crippen LogP contribution is -2.15. The van der Waals surface area contributed by atoms with E-state index in [2.05, 4.69) is 10.6 Å². The van der Waals surface area contributed by atoms with Crippen molar-refractivity contribution >= 4 is 17.3 Å². The molecule has 0 aliphatic heterocycles. The third-order valence-corrected chi connectivity index (χ3v) is 4.05. The lowest BCUT2D eigenvalue weighted by Gasteiger charge is -2.14. The Labute approximate surface area is 133 Å². The molecule has 1 saturated carbocycles. The molecule has 0 saturated heterocycles. The van der Waals surface area contributed by atoms with Crippen molar-refractivity contribution in [3.05, 3.63) is 59.7 Å². The van der Waals surface area contributed by atoms with Crippen LogP contribution >= 0.6 is 0 Å². The molecule has 0 radical (unpaired) electrons. The monoisotopic (exact) mass is 316 g/mol. The molecule has 0 unspecified atom stereocenters. The number of carbonyl (C=O) groups is 1. The van der Waals surface area contributed by atoms with Crippen molar-refractivity contribution in [3.63, 3.8) is 0 Å². The molecule has 1 aliphatic carbocycles. The van der Waals surface area contributed by atoms with E-state index in [4.69, 9.17) is 0 Å². The average molecular weight is 316 g/mol. The maximum absolute atomic E-state index is 13.2. The molecule has 0 aromatic heterocycles. The predicted octanol–water partition coefficient (Wildman–Crippen LogP) is 4.57. The minimum Gasteiger partial charge on any atom is -0.382 e. The Morgan fingerprint density at radius 1 is 0.913 bits per heavy atom. The van der Waals surface area contributed by atoms with Crippen LogP contribution in [0, 0.1) is 11.6 Å². The molecule has 0 heterocycles. The zero-order valence-electron chi connectivity index (χ0n) is 12.6. The molecule has 1 amide bonds. The van der Waals surface area contributed by atoms with Gasteiger partial charge in [0.25, 0.3) is 5.91 Å². The summed E-state index contributed by atoms with van der Waals surface area (Å²) in [6, 6.07) is 11.0. The Morgan fingerprint density at radius 3 is 2.22 bits per heavy atom. The molecule has 0 atom stereocenters. The normalized spacial score (nSPS) is 14.7. The van der Waals surface area contributed by atoms with Crippen molar-refractivity contribution in [1.29, 1.82) is 0 Å². The first kappa shape index (κ1) is 15.5. The molecular formula is C18H18F2N2O. The molecule has 0 bridgehead atoms. The van der Waals surface area contributed by atoms with Gasteiger partial charge >= 0.3 is 0 Å². The molecule has 0 spiro atoms. The van der Waals surface area contributed by atoms with Gasteiger partial charge in [0.1, 0.15) is 0 Å². The first-order valence-corrected chi connectivity index (χ1v) is 7.75. The summed E-state index contributed by atoms with van der Waals surface area (Å²) in [5, 5.41) is 6.13. The predicted molar refractivity (Wildman–Crippen MR) is 86.6 cm³/mol. The summed E-state index contributed by atoms with van der Waals surface area (Å²) in [5.41, 5.74) is 1.71. The fourth-order valence-corrected chi connectivity index (χ4v) is 2.80. The van der Waals surface area contributed by atoms with E-state index in [1.54, 1.807) is 12.1 Å². The second kappa shape index (κ2) is 6.77. The molecule has 1 fully saturated rings. The van der Waals surface area contributed by atoms with Crippen LogP contribution in [-0.2, 0) is 0 Å². The van der Waals surface area contributed by atoms with Gasteiger partial charge in [-0.1, -0.05) is 12.8 Å². The van der Waals surface area contributed by atoms with Crippen LogP contribution in [0.2, 0.25) is 0 Å². The number of amides is 1. The van der Waals surface area contributed by atoms with Gasteiger partial charge in [-0.15, -0.1) is 0 Å². The zero-order valence-corrected chi connectivity index (χ0v) is 12.6. The van der Waals surface area contributed by atoms with E-state index < -0.39 is 17.5 Å². The molecule has 23 heavy (non-hydrogen) atoms. The number of halogens is 2. The fraction of sp³-hybridized carbons (Fsp3) is 0.278. The number of nitrogens with one attached hydrogen (secondary N) is 2. The Hall–Kier alpha value is -2.43. The first-order valence-electron chi connectivity index (χ1n) is 7.75. The number of benzene rings is 2. The van der Waals surface area contributed by atoms with Crippen LogP contribution < -0.4 is 10.6 Å². The molecule has 5 heteroatoms. The van der Waals surface area contributed by atoms with E-state index in [9.17, 15) is 13.6 Å². The summed E-state index contributed by atoms with van der Waals surface area (Å²) in [6.07, 6.45) is 4.91. The number of carbonyl (C=O) groups excluding carboxylic acids is 1. The quantitative estimate of drug-likeness (QED) is 0.867. The van der Waals surface area contributed by atoms with Crippen molar-refractivity contribution in [1.82, 2.24) is 0 Å². The average Bonchev–Trinajstić information content (AvgIpc) is 3.05. The number of rotatable bonds is 4. The number of hydrogen-bond donors (Lipinski definition) is 2. The highest BCUT2D eigenvalue weighted by Crippen LogP contribution is 2.23. The second-order valence-electron chi connectivity index (χ2n) is 5.79. The summed E-state index contributed by atoms with van der Waals surface area (Å²) in [5.74, 6) is -2.47. The van der Waals surface area contributed by atoms with Crippen LogP contribution in [0.25, 0.3) is 0 Å². The van der Waals surface area contributed by atoms with Crippen LogP contribution in [0.15, 0.2) is 42.5 Å². The van der Waals surface area contributed by atoms with E-state index in [0.717, 1.165) is 17.8 Å². The Balaban J connectivity index is 1.62. The van der Waals surface area contributed by atoms with E-state index in [1.807, 2.05) is 12.1 Å². The fourth-order valence-electron chi connectivity index (χ4n) is 2.80. The summed E-state index contributed by atoms with van der Waals surface area (Å²) in [6.45, 7) is 0. The number of hydrogen-bond acceptors (Lipinski definition) is 2. The van der Waals surface area contributed by atoms with Crippen molar-refractivity contribution in [2.45, 2.75) is 31.7 Å². The van der Waals surface area contributed by atoms with Gasteiger partial charge in [0.2, 0.25) is 0 Å². The third-order valence-electron chi connectivity index (χ3n) is 4.05. The van der Waals surface area contributed by atoms with E-state index in [0.29, 0.717) is 11.7 Å². The molecule has 3 rings (SSSR count). The van der Waals surface area contributed by atoms with E-state index >= 15 is 0 Å². The highest BCUT2D eigenvalue weighted by Gasteiger charge is 2.14. The van der Waals surface area contributed by atoms with Gasteiger partial charge in [-0.2, -0.15) is 0 Å². The molecule has 120 valence electrons. The molecule has 3 nitrogen and oxygen atoms in total. The zero-order chi connectivity index (χ0) is 16.2. The minimum absolute atomic E-state index is 0.0806. The van der Waals surface area contributed by atoms with Gasteiger partial charge in [-0.05, 0) is 55.3 Å². The maximum atomic E-state index is 13.2. The molecule has 2 N–H and O–H groups in total. The van der Waals surface area contributed by atoms with Crippen molar-refractivity contribution < 1.29 is 13.6 Å². The van der Waals surface area contributed by atoms with Gasteiger partial charge in [0.05, 0.1) is 0 Å². The summed E-state index contributed by atoms with van der Waals surface area (Å²) in [7, 11) is 0. The van der Waals surface area contributed by atoms with E-state index in [1.165, 1.54) is 31.7 Å².